The molecular weight excluding hydrogens is 532 g/mol. The molecule has 1 saturated heterocycles. The highest BCUT2D eigenvalue weighted by Gasteiger charge is 2.31. The second-order valence-corrected chi connectivity index (χ2v) is 10.5. The number of piperidine rings is 1. The molecule has 1 fully saturated rings. The number of amides is 2. The van der Waals surface area contributed by atoms with Crippen LogP contribution in [-0.2, 0) is 6.42 Å². The molecule has 2 aliphatic heterocycles. The minimum atomic E-state index is -0.0829. The summed E-state index contributed by atoms with van der Waals surface area (Å²) in [6, 6.07) is 11.0. The molecule has 0 saturated carbocycles. The molecule has 0 spiro atoms. The Morgan fingerprint density at radius 2 is 1.98 bits per heavy atom. The van der Waals surface area contributed by atoms with E-state index in [1.807, 2.05) is 36.1 Å². The van der Waals surface area contributed by atoms with Crippen LogP contribution in [0.3, 0.4) is 0 Å². The van der Waals surface area contributed by atoms with Gasteiger partial charge < -0.3 is 29.4 Å². The average molecular weight is 561 g/mol. The number of methoxy groups -OCH3 is 1. The summed E-state index contributed by atoms with van der Waals surface area (Å²) >= 11 is 6.38. The van der Waals surface area contributed by atoms with Gasteiger partial charge in [-0.3, -0.25) is 0 Å². The number of ether oxygens (including phenoxy) is 1. The molecular formula is C29H29ClN6O4. The monoisotopic (exact) mass is 560 g/mol. The molecule has 0 atom stereocenters. The molecule has 0 aliphatic carbocycles. The maximum atomic E-state index is 13.1. The average Bonchev–Trinajstić information content (AvgIpc) is 3.26. The van der Waals surface area contributed by atoms with Crippen LogP contribution in [-0.4, -0.2) is 64.0 Å². The fraction of sp³-hybridized carbons (Fsp3) is 0.310. The van der Waals surface area contributed by atoms with Crippen LogP contribution >= 0.6 is 11.6 Å². The van der Waals surface area contributed by atoms with Crippen LogP contribution in [0.15, 0.2) is 40.8 Å². The zero-order valence-corrected chi connectivity index (χ0v) is 23.0. The van der Waals surface area contributed by atoms with Crippen LogP contribution in [0.5, 0.6) is 5.75 Å². The van der Waals surface area contributed by atoms with Gasteiger partial charge in [0.25, 0.3) is 0 Å². The summed E-state index contributed by atoms with van der Waals surface area (Å²) in [5, 5.41) is 23.3. The molecule has 10 nitrogen and oxygen atoms in total. The van der Waals surface area contributed by atoms with E-state index in [4.69, 9.17) is 20.8 Å². The molecule has 0 bridgehead atoms. The number of aryl methyl sites for hydroxylation is 1. The van der Waals surface area contributed by atoms with Crippen LogP contribution in [0, 0.1) is 6.92 Å². The van der Waals surface area contributed by atoms with E-state index in [2.05, 4.69) is 32.0 Å². The van der Waals surface area contributed by atoms with E-state index in [0.29, 0.717) is 52.9 Å². The zero-order valence-electron chi connectivity index (χ0n) is 22.3. The number of hydrogen-bond donors (Lipinski definition) is 2. The highest BCUT2D eigenvalue weighted by atomic mass is 35.5. The summed E-state index contributed by atoms with van der Waals surface area (Å²) in [6.07, 6.45) is 2.30. The lowest BCUT2D eigenvalue weighted by Crippen LogP contribution is -2.49. The van der Waals surface area contributed by atoms with Crippen molar-refractivity contribution in [1.29, 1.82) is 0 Å². The van der Waals surface area contributed by atoms with Gasteiger partial charge in [-0.15, -0.1) is 10.2 Å². The van der Waals surface area contributed by atoms with Gasteiger partial charge in [0.05, 0.1) is 12.7 Å². The number of halogens is 1. The van der Waals surface area contributed by atoms with Gasteiger partial charge in [-0.25, -0.2) is 9.78 Å². The van der Waals surface area contributed by atoms with Gasteiger partial charge in [-0.2, -0.15) is 0 Å². The summed E-state index contributed by atoms with van der Waals surface area (Å²) in [5.41, 5.74) is 4.66. The molecule has 4 heterocycles. The van der Waals surface area contributed by atoms with Crippen molar-refractivity contribution in [2.75, 3.05) is 37.0 Å². The Bertz CT molecular complexity index is 1730. The Morgan fingerprint density at radius 1 is 1.18 bits per heavy atom. The largest absolute Gasteiger partial charge is 0.507 e. The van der Waals surface area contributed by atoms with E-state index >= 15 is 0 Å². The van der Waals surface area contributed by atoms with Gasteiger partial charge in [0.15, 0.2) is 16.6 Å². The fourth-order valence-electron chi connectivity index (χ4n) is 5.53. The lowest BCUT2D eigenvalue weighted by molar-refractivity contribution is 0.177. The Balaban J connectivity index is 1.19. The van der Waals surface area contributed by atoms with Crippen LogP contribution in [0.4, 0.5) is 16.3 Å². The minimum Gasteiger partial charge on any atom is -0.507 e. The second-order valence-electron chi connectivity index (χ2n) is 10.1. The first-order valence-electron chi connectivity index (χ1n) is 13.1. The van der Waals surface area contributed by atoms with Gasteiger partial charge in [-0.1, -0.05) is 11.6 Å². The number of anilines is 2. The zero-order chi connectivity index (χ0) is 28.0. The Labute approximate surface area is 235 Å². The first kappa shape index (κ1) is 25.9. The smallest absolute Gasteiger partial charge is 0.322 e. The molecule has 206 valence electrons. The molecule has 0 unspecified atom stereocenters. The number of urea groups is 1. The van der Waals surface area contributed by atoms with Crippen LogP contribution in [0.1, 0.15) is 29.5 Å². The molecule has 6 rings (SSSR count). The van der Waals surface area contributed by atoms with Crippen LogP contribution < -0.4 is 25.7 Å². The van der Waals surface area contributed by atoms with Gasteiger partial charge in [0, 0.05) is 36.6 Å². The third kappa shape index (κ3) is 4.79. The second kappa shape index (κ2) is 10.3. The topological polar surface area (TPSA) is 117 Å². The summed E-state index contributed by atoms with van der Waals surface area (Å²) < 4.78 is 10.9. The highest BCUT2D eigenvalue weighted by molar-refractivity contribution is 6.31. The molecule has 2 aromatic carbocycles. The van der Waals surface area contributed by atoms with Crippen molar-refractivity contribution in [3.63, 3.8) is 0 Å². The minimum absolute atomic E-state index is 0.0273. The van der Waals surface area contributed by atoms with E-state index in [1.165, 1.54) is 0 Å². The number of aliphatic hydroxyl groups excluding tert-OH is 1. The quantitative estimate of drug-likeness (QED) is 0.387. The number of oxazole rings is 1. The van der Waals surface area contributed by atoms with E-state index in [9.17, 15) is 9.90 Å². The van der Waals surface area contributed by atoms with E-state index < -0.39 is 0 Å². The molecule has 2 amide bonds. The maximum absolute atomic E-state index is 13.1. The fourth-order valence-corrected chi connectivity index (χ4v) is 5.71. The van der Waals surface area contributed by atoms with Crippen molar-refractivity contribution in [2.45, 2.75) is 32.2 Å². The lowest BCUT2D eigenvalue weighted by Gasteiger charge is -2.38. The van der Waals surface area contributed by atoms with Gasteiger partial charge >= 0.3 is 6.03 Å². The number of nitrogens with one attached hydrogen (secondary N) is 1. The van der Waals surface area contributed by atoms with Crippen LogP contribution in [0.25, 0.3) is 23.4 Å². The summed E-state index contributed by atoms with van der Waals surface area (Å²) in [5.74, 6) is 1.37. The summed E-state index contributed by atoms with van der Waals surface area (Å²) in [4.78, 5) is 21.4. The van der Waals surface area contributed by atoms with Crippen LogP contribution in [0.2, 0.25) is 5.15 Å². The van der Waals surface area contributed by atoms with Crippen molar-refractivity contribution < 1.29 is 19.1 Å². The van der Waals surface area contributed by atoms with Crippen molar-refractivity contribution in [3.05, 3.63) is 69.0 Å². The van der Waals surface area contributed by atoms with Crippen molar-refractivity contribution in [2.24, 2.45) is 0 Å². The lowest BCUT2D eigenvalue weighted by atomic mass is 10.0. The molecule has 2 aliphatic rings. The Morgan fingerprint density at radius 3 is 2.75 bits per heavy atom. The normalized spacial score (nSPS) is 16.9. The number of benzene rings is 2. The van der Waals surface area contributed by atoms with E-state index in [-0.39, 0.29) is 23.0 Å². The molecule has 0 radical (unpaired) electrons. The maximum Gasteiger partial charge on any atom is 0.322 e. The first-order valence-corrected chi connectivity index (χ1v) is 13.5. The number of aromatic nitrogens is 3. The first-order chi connectivity index (χ1) is 19.3. The number of carbonyl (C=O) groups is 1. The van der Waals surface area contributed by atoms with Crippen molar-refractivity contribution in [3.8, 4) is 5.75 Å². The Hall–Kier alpha value is -4.31. The third-order valence-electron chi connectivity index (χ3n) is 7.66. The molecule has 4 aromatic rings. The summed E-state index contributed by atoms with van der Waals surface area (Å²) in [6.45, 7) is 7.64. The Kier molecular flexibility index (Phi) is 6.71. The third-order valence-corrected chi connectivity index (χ3v) is 7.94. The van der Waals surface area contributed by atoms with Gasteiger partial charge in [-0.05, 0) is 80.3 Å². The molecule has 2 N–H and O–H groups in total. The van der Waals surface area contributed by atoms with Gasteiger partial charge in [0.1, 0.15) is 17.0 Å². The van der Waals surface area contributed by atoms with E-state index in [0.717, 1.165) is 41.8 Å². The number of fused-ring (bicyclic) bond motifs is 2. The number of nitrogens with zero attached hydrogens (tertiary/aromatic N) is 5. The standard InChI is InChI=1S/C29H29ClN6O4/c1-16-12-19(14-24-26(16)31-17(2)40-24)27(37)22-15-25(33-34-28(22)30)35-9-7-20(8-10-35)36-11-6-18-13-21(39-3)4-5-23(18)32-29(36)38/h4-5,12-15,20,37H,2,6-11H2,1,3H3,(H,32,38). The van der Waals surface area contributed by atoms with Crippen molar-refractivity contribution >= 4 is 52.6 Å². The summed E-state index contributed by atoms with van der Waals surface area (Å²) in [7, 11) is 1.64. The number of rotatable bonds is 4. The van der Waals surface area contributed by atoms with Crippen molar-refractivity contribution in [1.82, 2.24) is 20.1 Å². The number of aliphatic hydroxyl groups is 1. The molecule has 2 aromatic heterocycles. The number of carbonyl (C=O) groups excluding carboxylic acids is 1. The number of hydrogen-bond acceptors (Lipinski definition) is 8. The predicted molar refractivity (Wildman–Crippen MR) is 153 cm³/mol. The highest BCUT2D eigenvalue weighted by Crippen LogP contribution is 2.29. The molecule has 11 heteroatoms. The predicted octanol–water partition coefficient (Wildman–Crippen LogP) is 3.77. The molecule has 40 heavy (non-hydrogen) atoms. The SMILES string of the molecule is C=c1nc2c(C)cc(=C(O)c3cc(N4CCC(N5CCc6cc(OC)ccc6NC5=O)CC4)nnc3Cl)cc2o1. The van der Waals surface area contributed by atoms with Gasteiger partial charge in [0.2, 0.25) is 5.55 Å². The van der Waals surface area contributed by atoms with E-state index in [1.54, 1.807) is 19.2 Å².